The number of nitrogens with two attached hydrogens (primary N) is 1. The summed E-state index contributed by atoms with van der Waals surface area (Å²) in [6, 6.07) is 3.41. The van der Waals surface area contributed by atoms with Gasteiger partial charge in [-0.2, -0.15) is 0 Å². The van der Waals surface area contributed by atoms with Crippen LogP contribution < -0.4 is 10.6 Å². The maximum Gasteiger partial charge on any atom is 0.139 e. The molecule has 0 radical (unpaired) electrons. The lowest BCUT2D eigenvalue weighted by atomic mass is 9.93. The average molecular weight is 331 g/mol. The maximum absolute atomic E-state index is 13.7. The molecule has 0 unspecified atom stereocenters. The van der Waals surface area contributed by atoms with E-state index in [4.69, 9.17) is 5.73 Å². The van der Waals surface area contributed by atoms with Crippen molar-refractivity contribution in [1.82, 2.24) is 0 Å². The predicted molar refractivity (Wildman–Crippen MR) is 79.8 cm³/mol. The van der Waals surface area contributed by atoms with Crippen molar-refractivity contribution in [3.8, 4) is 0 Å². The number of benzene rings is 1. The van der Waals surface area contributed by atoms with Gasteiger partial charge in [-0.25, -0.2) is 4.39 Å². The van der Waals surface area contributed by atoms with Crippen molar-refractivity contribution in [3.63, 3.8) is 0 Å². The quantitative estimate of drug-likeness (QED) is 0.833. The Hall–Kier alpha value is -0.810. The molecule has 0 saturated heterocycles. The highest BCUT2D eigenvalue weighted by Gasteiger charge is 2.23. The van der Waals surface area contributed by atoms with E-state index in [0.29, 0.717) is 28.4 Å². The van der Waals surface area contributed by atoms with E-state index in [-0.39, 0.29) is 12.4 Å². The highest BCUT2D eigenvalue weighted by Crippen LogP contribution is 2.33. The van der Waals surface area contributed by atoms with Crippen LogP contribution in [0.4, 0.5) is 15.8 Å². The molecule has 0 bridgehead atoms. The topological polar surface area (TPSA) is 49.5 Å². The maximum atomic E-state index is 13.7. The molecule has 0 spiro atoms. The van der Waals surface area contributed by atoms with Gasteiger partial charge in [-0.05, 0) is 34.8 Å². The molecule has 3 N–H and O–H groups in total. The summed E-state index contributed by atoms with van der Waals surface area (Å²) in [7, 11) is 0. The van der Waals surface area contributed by atoms with E-state index in [1.807, 2.05) is 0 Å². The van der Waals surface area contributed by atoms with Crippen LogP contribution in [-0.2, 0) is 0 Å². The van der Waals surface area contributed by atoms with Crippen LogP contribution in [0.1, 0.15) is 32.1 Å². The molecule has 0 aliphatic heterocycles. The van der Waals surface area contributed by atoms with E-state index in [1.165, 1.54) is 25.3 Å². The summed E-state index contributed by atoms with van der Waals surface area (Å²) in [5.41, 5.74) is 7.25. The molecule has 1 fully saturated rings. The van der Waals surface area contributed by atoms with E-state index in [1.54, 1.807) is 6.07 Å². The number of hydrogen-bond acceptors (Lipinski definition) is 3. The summed E-state index contributed by atoms with van der Waals surface area (Å²) < 4.78 is 14.1. The number of nitrogen functional groups attached to an aromatic ring is 1. The van der Waals surface area contributed by atoms with E-state index >= 15 is 0 Å². The Balaban J connectivity index is 2.29. The van der Waals surface area contributed by atoms with Crippen molar-refractivity contribution in [1.29, 1.82) is 0 Å². The fourth-order valence-corrected chi connectivity index (χ4v) is 3.16. The normalized spacial score (nSPS) is 16.6. The largest absolute Gasteiger partial charge is 0.397 e. The highest BCUT2D eigenvalue weighted by atomic mass is 79.9. The third-order valence-electron chi connectivity index (χ3n) is 3.74. The van der Waals surface area contributed by atoms with E-state index < -0.39 is 0 Å². The zero-order valence-corrected chi connectivity index (χ0v) is 12.5. The number of aliphatic hydroxyl groups is 1. The molecule has 19 heavy (non-hydrogen) atoms. The van der Waals surface area contributed by atoms with Gasteiger partial charge in [0.15, 0.2) is 0 Å². The van der Waals surface area contributed by atoms with Gasteiger partial charge in [-0.1, -0.05) is 19.3 Å². The molecule has 3 nitrogen and oxygen atoms in total. The van der Waals surface area contributed by atoms with Gasteiger partial charge in [0, 0.05) is 18.7 Å². The first-order chi connectivity index (χ1) is 9.13. The van der Waals surface area contributed by atoms with Gasteiger partial charge in [0.05, 0.1) is 22.5 Å². The third kappa shape index (κ3) is 3.39. The molecule has 1 aromatic carbocycles. The molecule has 2 rings (SSSR count). The molecule has 1 aromatic rings. The van der Waals surface area contributed by atoms with Crippen LogP contribution in [0.25, 0.3) is 0 Å². The van der Waals surface area contributed by atoms with Crippen LogP contribution in [0.2, 0.25) is 0 Å². The summed E-state index contributed by atoms with van der Waals surface area (Å²) in [5, 5.41) is 9.26. The Morgan fingerprint density at radius 3 is 2.63 bits per heavy atom. The van der Waals surface area contributed by atoms with Crippen LogP contribution in [0.15, 0.2) is 16.6 Å². The molecule has 0 heterocycles. The second-order valence-corrected chi connectivity index (χ2v) is 5.89. The number of halogens is 2. The van der Waals surface area contributed by atoms with E-state index in [0.717, 1.165) is 12.8 Å². The first-order valence-corrected chi connectivity index (χ1v) is 7.55. The lowest BCUT2D eigenvalue weighted by Crippen LogP contribution is -2.39. The zero-order valence-electron chi connectivity index (χ0n) is 10.9. The van der Waals surface area contributed by atoms with Crippen molar-refractivity contribution in [2.45, 2.75) is 38.1 Å². The molecule has 5 heteroatoms. The van der Waals surface area contributed by atoms with Crippen molar-refractivity contribution >= 4 is 27.3 Å². The van der Waals surface area contributed by atoms with Crippen LogP contribution in [-0.4, -0.2) is 24.3 Å². The molecule has 0 atom stereocenters. The van der Waals surface area contributed by atoms with Gasteiger partial charge in [0.2, 0.25) is 0 Å². The fraction of sp³-hybridized carbons (Fsp3) is 0.571. The summed E-state index contributed by atoms with van der Waals surface area (Å²) in [4.78, 5) is 2.06. The van der Waals surface area contributed by atoms with Gasteiger partial charge < -0.3 is 15.7 Å². The highest BCUT2D eigenvalue weighted by molar-refractivity contribution is 9.10. The van der Waals surface area contributed by atoms with Crippen LogP contribution in [0, 0.1) is 5.82 Å². The van der Waals surface area contributed by atoms with E-state index in [9.17, 15) is 9.50 Å². The molecular weight excluding hydrogens is 311 g/mol. The predicted octanol–water partition coefficient (Wildman–Crippen LogP) is 3.30. The van der Waals surface area contributed by atoms with Crippen LogP contribution in [0.5, 0.6) is 0 Å². The minimum atomic E-state index is -0.317. The molecule has 106 valence electrons. The van der Waals surface area contributed by atoms with Gasteiger partial charge in [0.25, 0.3) is 0 Å². The number of anilines is 2. The lowest BCUT2D eigenvalue weighted by molar-refractivity contribution is 0.290. The first kappa shape index (κ1) is 14.6. The third-order valence-corrected chi connectivity index (χ3v) is 4.34. The Labute approximate surface area is 121 Å². The molecule has 1 aliphatic rings. The number of hydrogen-bond donors (Lipinski definition) is 2. The number of rotatable bonds is 4. The molecule has 0 aromatic heterocycles. The van der Waals surface area contributed by atoms with Gasteiger partial charge >= 0.3 is 0 Å². The standard InChI is InChI=1S/C14H20BrFN2O/c15-11-8-13(17)14(9-12(11)16)18(6-7-19)10-4-2-1-3-5-10/h8-10,19H,1-7,17H2. The van der Waals surface area contributed by atoms with Crippen molar-refractivity contribution in [2.75, 3.05) is 23.8 Å². The second-order valence-electron chi connectivity index (χ2n) is 5.03. The van der Waals surface area contributed by atoms with Crippen molar-refractivity contribution in [3.05, 3.63) is 22.4 Å². The minimum Gasteiger partial charge on any atom is -0.397 e. The zero-order chi connectivity index (χ0) is 13.8. The van der Waals surface area contributed by atoms with Crippen molar-refractivity contribution < 1.29 is 9.50 Å². The fourth-order valence-electron chi connectivity index (χ4n) is 2.80. The second kappa shape index (κ2) is 6.57. The molecule has 1 aliphatic carbocycles. The van der Waals surface area contributed by atoms with Crippen LogP contribution in [0.3, 0.4) is 0 Å². The Bertz CT molecular complexity index is 436. The summed E-state index contributed by atoms with van der Waals surface area (Å²) >= 11 is 3.14. The SMILES string of the molecule is Nc1cc(Br)c(F)cc1N(CCO)C1CCCCC1. The number of nitrogens with zero attached hydrogens (tertiary/aromatic N) is 1. The van der Waals surface area contributed by atoms with Gasteiger partial charge in [0.1, 0.15) is 5.82 Å². The monoisotopic (exact) mass is 330 g/mol. The van der Waals surface area contributed by atoms with Crippen molar-refractivity contribution in [2.24, 2.45) is 0 Å². The van der Waals surface area contributed by atoms with E-state index in [2.05, 4.69) is 20.8 Å². The molecular formula is C14H20BrFN2O. The Morgan fingerprint density at radius 1 is 1.32 bits per heavy atom. The Morgan fingerprint density at radius 2 is 2.00 bits per heavy atom. The summed E-state index contributed by atoms with van der Waals surface area (Å²) in [6.07, 6.45) is 5.79. The molecule has 0 amide bonds. The summed E-state index contributed by atoms with van der Waals surface area (Å²) in [6.45, 7) is 0.545. The van der Waals surface area contributed by atoms with Crippen LogP contribution >= 0.6 is 15.9 Å². The van der Waals surface area contributed by atoms with Gasteiger partial charge in [-0.3, -0.25) is 0 Å². The molecule has 1 saturated carbocycles. The number of aliphatic hydroxyl groups excluding tert-OH is 1. The summed E-state index contributed by atoms with van der Waals surface area (Å²) in [5.74, 6) is -0.317. The minimum absolute atomic E-state index is 0.0492. The first-order valence-electron chi connectivity index (χ1n) is 6.75. The lowest BCUT2D eigenvalue weighted by Gasteiger charge is -2.36. The Kier molecular flexibility index (Phi) is 5.05. The van der Waals surface area contributed by atoms with Gasteiger partial charge in [-0.15, -0.1) is 0 Å². The average Bonchev–Trinajstić information content (AvgIpc) is 2.42. The smallest absolute Gasteiger partial charge is 0.139 e.